The zero-order chi connectivity index (χ0) is 15.0. The van der Waals surface area contributed by atoms with Crippen molar-refractivity contribution in [3.05, 3.63) is 23.8 Å². The van der Waals surface area contributed by atoms with Gasteiger partial charge in [-0.3, -0.25) is 4.79 Å². The van der Waals surface area contributed by atoms with Crippen molar-refractivity contribution in [3.63, 3.8) is 0 Å². The molecular weight excluding hydrogens is 256 g/mol. The Bertz CT molecular complexity index is 433. The molecule has 1 amide bonds. The fourth-order valence-electron chi connectivity index (χ4n) is 1.70. The molecule has 0 atom stereocenters. The summed E-state index contributed by atoms with van der Waals surface area (Å²) < 4.78 is 10.9. The summed E-state index contributed by atoms with van der Waals surface area (Å²) in [6, 6.07) is 5.33. The molecule has 1 aromatic rings. The molecule has 0 unspecified atom stereocenters. The number of ether oxygens (including phenoxy) is 2. The Kier molecular flexibility index (Phi) is 6.87. The largest absolute Gasteiger partial charge is 0.493 e. The Balaban J connectivity index is 2.83. The van der Waals surface area contributed by atoms with E-state index in [0.717, 1.165) is 13.0 Å². The Morgan fingerprint density at radius 1 is 1.35 bits per heavy atom. The minimum Gasteiger partial charge on any atom is -0.493 e. The number of carbonyl (C=O) groups is 1. The Morgan fingerprint density at radius 2 is 2.10 bits per heavy atom. The SMILES string of the molecule is CCCOc1c(OC)cccc1C(=O)NCCN(C)C. The molecule has 1 N–H and O–H groups in total. The lowest BCUT2D eigenvalue weighted by Gasteiger charge is -2.15. The monoisotopic (exact) mass is 280 g/mol. The van der Waals surface area contributed by atoms with Crippen LogP contribution in [0, 0.1) is 0 Å². The first-order valence-corrected chi connectivity index (χ1v) is 6.82. The third-order valence-corrected chi connectivity index (χ3v) is 2.74. The first-order chi connectivity index (χ1) is 9.60. The lowest BCUT2D eigenvalue weighted by atomic mass is 10.1. The quantitative estimate of drug-likeness (QED) is 0.788. The smallest absolute Gasteiger partial charge is 0.255 e. The van der Waals surface area contributed by atoms with Crippen molar-refractivity contribution in [1.29, 1.82) is 0 Å². The molecule has 20 heavy (non-hydrogen) atoms. The molecule has 0 aromatic heterocycles. The van der Waals surface area contributed by atoms with Crippen LogP contribution in [0.15, 0.2) is 18.2 Å². The number of amides is 1. The Hall–Kier alpha value is -1.75. The minimum atomic E-state index is -0.142. The summed E-state index contributed by atoms with van der Waals surface area (Å²) in [5.74, 6) is 0.953. The number of likely N-dealkylation sites (N-methyl/N-ethyl adjacent to an activating group) is 1. The normalized spacial score (nSPS) is 10.4. The number of methoxy groups -OCH3 is 1. The van der Waals surface area contributed by atoms with Gasteiger partial charge in [0.2, 0.25) is 0 Å². The molecule has 0 bridgehead atoms. The van der Waals surface area contributed by atoms with Gasteiger partial charge >= 0.3 is 0 Å². The van der Waals surface area contributed by atoms with E-state index in [1.165, 1.54) is 0 Å². The van der Waals surface area contributed by atoms with E-state index in [9.17, 15) is 4.79 Å². The highest BCUT2D eigenvalue weighted by atomic mass is 16.5. The number of rotatable bonds is 8. The number of hydrogen-bond donors (Lipinski definition) is 1. The molecule has 0 fully saturated rings. The fourth-order valence-corrected chi connectivity index (χ4v) is 1.70. The molecule has 0 spiro atoms. The average molecular weight is 280 g/mol. The summed E-state index contributed by atoms with van der Waals surface area (Å²) in [7, 11) is 5.50. The molecule has 0 aliphatic heterocycles. The van der Waals surface area contributed by atoms with Gasteiger partial charge in [0.25, 0.3) is 5.91 Å². The zero-order valence-corrected chi connectivity index (χ0v) is 12.7. The van der Waals surface area contributed by atoms with E-state index in [1.807, 2.05) is 25.9 Å². The number of para-hydroxylation sites is 1. The number of carbonyl (C=O) groups excluding carboxylic acids is 1. The highest BCUT2D eigenvalue weighted by molar-refractivity contribution is 5.97. The topological polar surface area (TPSA) is 50.8 Å². The van der Waals surface area contributed by atoms with Gasteiger partial charge in [-0.05, 0) is 32.6 Å². The molecule has 0 radical (unpaired) electrons. The van der Waals surface area contributed by atoms with Crippen LogP contribution in [-0.4, -0.2) is 51.7 Å². The lowest BCUT2D eigenvalue weighted by molar-refractivity contribution is 0.0946. The highest BCUT2D eigenvalue weighted by Crippen LogP contribution is 2.31. The van der Waals surface area contributed by atoms with Gasteiger partial charge in [0, 0.05) is 13.1 Å². The molecule has 1 aromatic carbocycles. The van der Waals surface area contributed by atoms with E-state index in [-0.39, 0.29) is 5.91 Å². The summed E-state index contributed by atoms with van der Waals surface area (Å²) in [6.45, 7) is 3.96. The Labute approximate surface area is 120 Å². The van der Waals surface area contributed by atoms with Crippen LogP contribution in [0.25, 0.3) is 0 Å². The van der Waals surface area contributed by atoms with Gasteiger partial charge in [-0.2, -0.15) is 0 Å². The zero-order valence-electron chi connectivity index (χ0n) is 12.7. The van der Waals surface area contributed by atoms with Crippen LogP contribution in [0.2, 0.25) is 0 Å². The molecule has 112 valence electrons. The summed E-state index contributed by atoms with van der Waals surface area (Å²) >= 11 is 0. The third kappa shape index (κ3) is 4.74. The molecule has 0 aliphatic rings. The minimum absolute atomic E-state index is 0.142. The average Bonchev–Trinajstić information content (AvgIpc) is 2.44. The van der Waals surface area contributed by atoms with E-state index in [0.29, 0.717) is 30.2 Å². The van der Waals surface area contributed by atoms with Crippen molar-refractivity contribution in [1.82, 2.24) is 10.2 Å². The summed E-state index contributed by atoms with van der Waals surface area (Å²) in [5.41, 5.74) is 0.511. The van der Waals surface area contributed by atoms with Crippen LogP contribution in [0.4, 0.5) is 0 Å². The van der Waals surface area contributed by atoms with Crippen molar-refractivity contribution in [2.45, 2.75) is 13.3 Å². The van der Waals surface area contributed by atoms with Crippen LogP contribution < -0.4 is 14.8 Å². The maximum Gasteiger partial charge on any atom is 0.255 e. The van der Waals surface area contributed by atoms with E-state index in [2.05, 4.69) is 5.32 Å². The van der Waals surface area contributed by atoms with Crippen molar-refractivity contribution in [2.24, 2.45) is 0 Å². The second kappa shape index (κ2) is 8.43. The highest BCUT2D eigenvalue weighted by Gasteiger charge is 2.16. The first kappa shape index (κ1) is 16.3. The van der Waals surface area contributed by atoms with E-state index < -0.39 is 0 Å². The number of benzene rings is 1. The van der Waals surface area contributed by atoms with Gasteiger partial charge in [-0.25, -0.2) is 0 Å². The van der Waals surface area contributed by atoms with Crippen molar-refractivity contribution in [3.8, 4) is 11.5 Å². The molecule has 5 nitrogen and oxygen atoms in total. The lowest BCUT2D eigenvalue weighted by Crippen LogP contribution is -2.31. The predicted molar refractivity (Wildman–Crippen MR) is 79.7 cm³/mol. The number of nitrogens with one attached hydrogen (secondary N) is 1. The second-order valence-electron chi connectivity index (χ2n) is 4.74. The molecule has 1 rings (SSSR count). The van der Waals surface area contributed by atoms with Gasteiger partial charge in [0.05, 0.1) is 19.3 Å². The van der Waals surface area contributed by atoms with Gasteiger partial charge in [0.15, 0.2) is 11.5 Å². The van der Waals surface area contributed by atoms with Gasteiger partial charge in [0.1, 0.15) is 0 Å². The molecule has 0 aliphatic carbocycles. The molecular formula is C15H24N2O3. The third-order valence-electron chi connectivity index (χ3n) is 2.74. The maximum absolute atomic E-state index is 12.2. The van der Waals surface area contributed by atoms with Crippen LogP contribution in [0.5, 0.6) is 11.5 Å². The summed E-state index contributed by atoms with van der Waals surface area (Å²) in [5, 5.41) is 2.88. The Morgan fingerprint density at radius 3 is 2.70 bits per heavy atom. The molecule has 0 saturated carbocycles. The van der Waals surface area contributed by atoms with Crippen LogP contribution in [0.1, 0.15) is 23.7 Å². The molecule has 0 saturated heterocycles. The fraction of sp³-hybridized carbons (Fsp3) is 0.533. The van der Waals surface area contributed by atoms with Gasteiger partial charge in [-0.1, -0.05) is 13.0 Å². The number of nitrogens with zero attached hydrogens (tertiary/aromatic N) is 1. The van der Waals surface area contributed by atoms with Crippen LogP contribution >= 0.6 is 0 Å². The number of hydrogen-bond acceptors (Lipinski definition) is 4. The first-order valence-electron chi connectivity index (χ1n) is 6.82. The van der Waals surface area contributed by atoms with E-state index in [4.69, 9.17) is 9.47 Å². The van der Waals surface area contributed by atoms with E-state index in [1.54, 1.807) is 25.3 Å². The molecule has 0 heterocycles. The van der Waals surface area contributed by atoms with Gasteiger partial charge < -0.3 is 19.7 Å². The molecule has 5 heteroatoms. The second-order valence-corrected chi connectivity index (χ2v) is 4.74. The summed E-state index contributed by atoms with van der Waals surface area (Å²) in [4.78, 5) is 14.2. The maximum atomic E-state index is 12.2. The van der Waals surface area contributed by atoms with Crippen molar-refractivity contribution < 1.29 is 14.3 Å². The standard InChI is InChI=1S/C15H24N2O3/c1-5-11-20-14-12(7-6-8-13(14)19-4)15(18)16-9-10-17(2)3/h6-8H,5,9-11H2,1-4H3,(H,16,18). The van der Waals surface area contributed by atoms with E-state index >= 15 is 0 Å². The van der Waals surface area contributed by atoms with Crippen LogP contribution in [-0.2, 0) is 0 Å². The summed E-state index contributed by atoms with van der Waals surface area (Å²) in [6.07, 6.45) is 0.875. The van der Waals surface area contributed by atoms with Gasteiger partial charge in [-0.15, -0.1) is 0 Å². The van der Waals surface area contributed by atoms with Crippen molar-refractivity contribution >= 4 is 5.91 Å². The van der Waals surface area contributed by atoms with Crippen molar-refractivity contribution in [2.75, 3.05) is 40.9 Å². The van der Waals surface area contributed by atoms with Crippen LogP contribution in [0.3, 0.4) is 0 Å². The predicted octanol–water partition coefficient (Wildman–Crippen LogP) is 1.78.